The fourth-order valence-corrected chi connectivity index (χ4v) is 2.51. The molecular weight excluding hydrogens is 438 g/mol. The lowest BCUT2D eigenvalue weighted by Gasteiger charge is -2.06. The number of carbonyl (C=O) groups is 2. The molecule has 0 aliphatic rings. The van der Waals surface area contributed by atoms with Crippen molar-refractivity contribution >= 4 is 55.1 Å². The van der Waals surface area contributed by atoms with Gasteiger partial charge in [0.1, 0.15) is 0 Å². The Morgan fingerprint density at radius 2 is 1.75 bits per heavy atom. The van der Waals surface area contributed by atoms with Gasteiger partial charge in [0.15, 0.2) is 0 Å². The zero-order valence-electron chi connectivity index (χ0n) is 12.8. The zero-order valence-corrected chi connectivity index (χ0v) is 16.0. The van der Waals surface area contributed by atoms with Crippen LogP contribution in [0.4, 0.5) is 5.69 Å². The predicted octanol–water partition coefficient (Wildman–Crippen LogP) is 4.35. The van der Waals surface area contributed by atoms with Crippen molar-refractivity contribution in [3.63, 3.8) is 0 Å². The maximum Gasteiger partial charge on any atom is 0.271 e. The van der Waals surface area contributed by atoms with Crippen molar-refractivity contribution < 1.29 is 9.59 Å². The molecule has 0 unspecified atom stereocenters. The molecule has 7 heteroatoms. The molecule has 2 aromatic rings. The van der Waals surface area contributed by atoms with E-state index < -0.39 is 0 Å². The Kier molecular flexibility index (Phi) is 6.69. The molecule has 124 valence electrons. The third-order valence-electron chi connectivity index (χ3n) is 2.98. The van der Waals surface area contributed by atoms with Gasteiger partial charge in [-0.05, 0) is 49.4 Å². The van der Waals surface area contributed by atoms with Gasteiger partial charge in [-0.15, -0.1) is 0 Å². The quantitative estimate of drug-likeness (QED) is 0.523. The van der Waals surface area contributed by atoms with Crippen molar-refractivity contribution in [1.29, 1.82) is 0 Å². The second kappa shape index (κ2) is 8.75. The molecule has 0 atom stereocenters. The molecule has 0 fully saturated rings. The highest BCUT2D eigenvalue weighted by Crippen LogP contribution is 2.14. The lowest BCUT2D eigenvalue weighted by molar-refractivity contribution is -0.115. The number of halogens is 2. The molecule has 0 aromatic heterocycles. The fourth-order valence-electron chi connectivity index (χ4n) is 1.85. The van der Waals surface area contributed by atoms with Crippen LogP contribution in [0, 0.1) is 0 Å². The SMILES string of the molecule is CC(CC(=O)Nc1ccc(Br)cc1)=NNC(=O)c1cccc(Br)c1. The van der Waals surface area contributed by atoms with Crippen LogP contribution in [0.2, 0.25) is 0 Å². The van der Waals surface area contributed by atoms with Crippen LogP contribution in [-0.2, 0) is 4.79 Å². The average Bonchev–Trinajstić information content (AvgIpc) is 2.54. The summed E-state index contributed by atoms with van der Waals surface area (Å²) in [5.74, 6) is -0.528. The summed E-state index contributed by atoms with van der Waals surface area (Å²) in [7, 11) is 0. The standard InChI is InChI=1S/C17H15Br2N3O2/c1-11(9-16(23)20-15-7-5-13(18)6-8-15)21-22-17(24)12-3-2-4-14(19)10-12/h2-8,10H,9H2,1H3,(H,20,23)(H,22,24). The normalized spacial score (nSPS) is 11.0. The van der Waals surface area contributed by atoms with Crippen LogP contribution in [0.3, 0.4) is 0 Å². The molecule has 2 rings (SSSR count). The number of rotatable bonds is 5. The summed E-state index contributed by atoms with van der Waals surface area (Å²) in [6.45, 7) is 1.68. The Bertz CT molecular complexity index is 774. The minimum Gasteiger partial charge on any atom is -0.326 e. The molecule has 0 heterocycles. The first kappa shape index (κ1) is 18.4. The minimum atomic E-state index is -0.330. The van der Waals surface area contributed by atoms with Crippen LogP contribution in [0.1, 0.15) is 23.7 Å². The molecule has 5 nitrogen and oxygen atoms in total. The first-order valence-electron chi connectivity index (χ1n) is 7.08. The number of carbonyl (C=O) groups excluding carboxylic acids is 2. The largest absolute Gasteiger partial charge is 0.326 e. The summed E-state index contributed by atoms with van der Waals surface area (Å²) in [4.78, 5) is 23.9. The summed E-state index contributed by atoms with van der Waals surface area (Å²) < 4.78 is 1.75. The van der Waals surface area contributed by atoms with E-state index in [2.05, 4.69) is 47.7 Å². The van der Waals surface area contributed by atoms with E-state index in [1.165, 1.54) is 0 Å². The second-order valence-electron chi connectivity index (χ2n) is 5.03. The number of anilines is 1. The highest BCUT2D eigenvalue weighted by molar-refractivity contribution is 9.10. The number of nitrogens with zero attached hydrogens (tertiary/aromatic N) is 1. The van der Waals surface area contributed by atoms with Gasteiger partial charge in [0, 0.05) is 25.9 Å². The van der Waals surface area contributed by atoms with Gasteiger partial charge in [-0.3, -0.25) is 9.59 Å². The van der Waals surface area contributed by atoms with Crippen LogP contribution in [0.5, 0.6) is 0 Å². The molecule has 24 heavy (non-hydrogen) atoms. The average molecular weight is 453 g/mol. The number of hydrogen-bond donors (Lipinski definition) is 2. The van der Waals surface area contributed by atoms with Crippen molar-refractivity contribution in [1.82, 2.24) is 5.43 Å². The van der Waals surface area contributed by atoms with Crippen molar-refractivity contribution in [3.05, 3.63) is 63.0 Å². The van der Waals surface area contributed by atoms with Crippen LogP contribution >= 0.6 is 31.9 Å². The highest BCUT2D eigenvalue weighted by Gasteiger charge is 2.07. The lowest BCUT2D eigenvalue weighted by atomic mass is 10.2. The molecule has 2 amide bonds. The molecule has 0 spiro atoms. The van der Waals surface area contributed by atoms with Crippen molar-refractivity contribution in [2.45, 2.75) is 13.3 Å². The summed E-state index contributed by atoms with van der Waals surface area (Å²) in [5, 5.41) is 6.73. The number of hydrogen-bond acceptors (Lipinski definition) is 3. The Balaban J connectivity index is 1.87. The van der Waals surface area contributed by atoms with Gasteiger partial charge in [0.2, 0.25) is 5.91 Å². The van der Waals surface area contributed by atoms with E-state index in [0.717, 1.165) is 8.95 Å². The zero-order chi connectivity index (χ0) is 17.5. The summed E-state index contributed by atoms with van der Waals surface area (Å²) >= 11 is 6.64. The Morgan fingerprint density at radius 3 is 2.42 bits per heavy atom. The Labute approximate surface area is 156 Å². The smallest absolute Gasteiger partial charge is 0.271 e. The van der Waals surface area contributed by atoms with Crippen molar-refractivity contribution in [2.75, 3.05) is 5.32 Å². The van der Waals surface area contributed by atoms with Crippen LogP contribution in [0.15, 0.2) is 62.6 Å². The van der Waals surface area contributed by atoms with Crippen molar-refractivity contribution in [3.8, 4) is 0 Å². The highest BCUT2D eigenvalue weighted by atomic mass is 79.9. The van der Waals surface area contributed by atoms with Gasteiger partial charge in [-0.1, -0.05) is 37.9 Å². The monoisotopic (exact) mass is 451 g/mol. The lowest BCUT2D eigenvalue weighted by Crippen LogP contribution is -2.21. The van der Waals surface area contributed by atoms with E-state index >= 15 is 0 Å². The first-order valence-corrected chi connectivity index (χ1v) is 8.67. The summed E-state index contributed by atoms with van der Waals surface area (Å²) in [6.07, 6.45) is 0.0921. The summed E-state index contributed by atoms with van der Waals surface area (Å²) in [6, 6.07) is 14.3. The van der Waals surface area contributed by atoms with E-state index in [1.54, 1.807) is 37.3 Å². The van der Waals surface area contributed by atoms with Crippen molar-refractivity contribution in [2.24, 2.45) is 5.10 Å². The predicted molar refractivity (Wildman–Crippen MR) is 102 cm³/mol. The Hall–Kier alpha value is -1.99. The van der Waals surface area contributed by atoms with Gasteiger partial charge in [0.05, 0.1) is 6.42 Å². The number of amides is 2. The molecule has 0 radical (unpaired) electrons. The van der Waals surface area contributed by atoms with Gasteiger partial charge in [-0.2, -0.15) is 5.10 Å². The Morgan fingerprint density at radius 1 is 1.04 bits per heavy atom. The third kappa shape index (κ3) is 5.90. The summed E-state index contributed by atoms with van der Waals surface area (Å²) in [5.41, 5.74) is 4.14. The van der Waals surface area contributed by atoms with Gasteiger partial charge >= 0.3 is 0 Å². The van der Waals surface area contributed by atoms with E-state index in [1.807, 2.05) is 18.2 Å². The number of hydrazone groups is 1. The fraction of sp³-hybridized carbons (Fsp3) is 0.118. The molecule has 0 aliphatic heterocycles. The number of nitrogens with one attached hydrogen (secondary N) is 2. The molecule has 2 N–H and O–H groups in total. The first-order chi connectivity index (χ1) is 11.4. The third-order valence-corrected chi connectivity index (χ3v) is 4.00. The van der Waals surface area contributed by atoms with Crippen LogP contribution in [-0.4, -0.2) is 17.5 Å². The van der Waals surface area contributed by atoms with Gasteiger partial charge in [-0.25, -0.2) is 5.43 Å². The van der Waals surface area contributed by atoms with E-state index in [4.69, 9.17) is 0 Å². The van der Waals surface area contributed by atoms with Crippen LogP contribution in [0.25, 0.3) is 0 Å². The number of benzene rings is 2. The maximum atomic E-state index is 12.0. The topological polar surface area (TPSA) is 70.6 Å². The molecule has 0 saturated heterocycles. The molecule has 0 bridgehead atoms. The van der Waals surface area contributed by atoms with Gasteiger partial charge < -0.3 is 5.32 Å². The maximum absolute atomic E-state index is 12.0. The molecule has 2 aromatic carbocycles. The van der Waals surface area contributed by atoms with E-state index in [0.29, 0.717) is 17.0 Å². The molecule has 0 aliphatic carbocycles. The van der Waals surface area contributed by atoms with Crippen LogP contribution < -0.4 is 10.7 Å². The van der Waals surface area contributed by atoms with E-state index in [9.17, 15) is 9.59 Å². The minimum absolute atomic E-state index is 0.0921. The molecule has 0 saturated carbocycles. The van der Waals surface area contributed by atoms with Gasteiger partial charge in [0.25, 0.3) is 5.91 Å². The van der Waals surface area contributed by atoms with E-state index in [-0.39, 0.29) is 18.2 Å². The second-order valence-corrected chi connectivity index (χ2v) is 6.86. The molecular formula is C17H15Br2N3O2.